The van der Waals surface area contributed by atoms with Crippen molar-refractivity contribution in [3.05, 3.63) is 29.3 Å². The lowest BCUT2D eigenvalue weighted by molar-refractivity contribution is -0.137. The monoisotopic (exact) mass is 320 g/mol. The maximum atomic E-state index is 12.3. The summed E-state index contributed by atoms with van der Waals surface area (Å²) >= 11 is 0. The number of carbonyl (C=O) groups excluding carboxylic acids is 2. The highest BCUT2D eigenvalue weighted by Crippen LogP contribution is 2.21. The van der Waals surface area contributed by atoms with Crippen molar-refractivity contribution in [2.45, 2.75) is 38.8 Å². The Hall–Kier alpha value is -2.08. The Morgan fingerprint density at radius 2 is 2.04 bits per heavy atom. The van der Waals surface area contributed by atoms with Crippen molar-refractivity contribution in [2.24, 2.45) is 5.73 Å². The summed E-state index contributed by atoms with van der Waals surface area (Å²) in [5.41, 5.74) is 7.71. The lowest BCUT2D eigenvalue weighted by Crippen LogP contribution is -2.44. The van der Waals surface area contributed by atoms with Crippen molar-refractivity contribution in [2.75, 3.05) is 20.3 Å². The molecule has 1 aliphatic heterocycles. The number of rotatable bonds is 6. The van der Waals surface area contributed by atoms with Gasteiger partial charge in [-0.15, -0.1) is 0 Å². The zero-order chi connectivity index (χ0) is 17.0. The van der Waals surface area contributed by atoms with Crippen LogP contribution in [0.1, 0.15) is 24.0 Å². The normalized spacial score (nSPS) is 20.6. The van der Waals surface area contributed by atoms with Gasteiger partial charge in [0.15, 0.2) is 0 Å². The third-order valence-electron chi connectivity index (χ3n) is 4.31. The number of carbonyl (C=O) groups is 2. The molecule has 1 fully saturated rings. The molecular formula is C17H24N2O4. The molecule has 0 unspecified atom stereocenters. The molecule has 1 aliphatic rings. The number of benzene rings is 1. The highest BCUT2D eigenvalue weighted by molar-refractivity contribution is 5.87. The van der Waals surface area contributed by atoms with Crippen LogP contribution >= 0.6 is 0 Å². The van der Waals surface area contributed by atoms with E-state index >= 15 is 0 Å². The standard InChI is InChI=1S/C17H24N2O4/c1-11-4-5-13(8-12(11)2)23-7-6-16(20)19-10-14(22-3)9-15(19)17(18)21/h4-5,8,14-15H,6-7,9-10H2,1-3H3,(H2,18,21)/t14-,15-/m0/s1. The summed E-state index contributed by atoms with van der Waals surface area (Å²) in [7, 11) is 1.57. The number of nitrogens with zero attached hydrogens (tertiary/aromatic N) is 1. The number of primary amides is 1. The van der Waals surface area contributed by atoms with E-state index < -0.39 is 11.9 Å². The Kier molecular flexibility index (Phi) is 5.60. The molecule has 1 heterocycles. The van der Waals surface area contributed by atoms with E-state index in [0.29, 0.717) is 13.0 Å². The summed E-state index contributed by atoms with van der Waals surface area (Å²) in [5.74, 6) is 0.105. The largest absolute Gasteiger partial charge is 0.493 e. The fourth-order valence-corrected chi connectivity index (χ4v) is 2.72. The SMILES string of the molecule is CO[C@H]1C[C@@H](C(N)=O)N(C(=O)CCOc2ccc(C)c(C)c2)C1. The van der Waals surface area contributed by atoms with Crippen molar-refractivity contribution in [3.63, 3.8) is 0 Å². The van der Waals surface area contributed by atoms with Crippen LogP contribution in [0.5, 0.6) is 5.75 Å². The maximum Gasteiger partial charge on any atom is 0.240 e. The van der Waals surface area contributed by atoms with Gasteiger partial charge in [-0.25, -0.2) is 0 Å². The molecule has 0 aliphatic carbocycles. The number of amides is 2. The first-order valence-electron chi connectivity index (χ1n) is 7.74. The number of likely N-dealkylation sites (tertiary alicyclic amines) is 1. The lowest BCUT2D eigenvalue weighted by Gasteiger charge is -2.22. The molecule has 23 heavy (non-hydrogen) atoms. The van der Waals surface area contributed by atoms with Gasteiger partial charge in [0, 0.05) is 20.1 Å². The van der Waals surface area contributed by atoms with Gasteiger partial charge in [0.25, 0.3) is 0 Å². The molecular weight excluding hydrogens is 296 g/mol. The minimum absolute atomic E-state index is 0.141. The second-order valence-corrected chi connectivity index (χ2v) is 5.90. The summed E-state index contributed by atoms with van der Waals surface area (Å²) in [4.78, 5) is 25.3. The van der Waals surface area contributed by atoms with E-state index in [2.05, 4.69) is 0 Å². The molecule has 2 atom stereocenters. The predicted octanol–water partition coefficient (Wildman–Crippen LogP) is 1.17. The molecule has 0 saturated carbocycles. The van der Waals surface area contributed by atoms with Gasteiger partial charge >= 0.3 is 0 Å². The summed E-state index contributed by atoms with van der Waals surface area (Å²) in [5, 5.41) is 0. The molecule has 1 aromatic rings. The van der Waals surface area contributed by atoms with E-state index in [0.717, 1.165) is 11.3 Å². The molecule has 0 spiro atoms. The topological polar surface area (TPSA) is 81.9 Å². The molecule has 2 N–H and O–H groups in total. The van der Waals surface area contributed by atoms with Crippen LogP contribution in [0.15, 0.2) is 18.2 Å². The van der Waals surface area contributed by atoms with Crippen LogP contribution in [0.3, 0.4) is 0 Å². The number of ether oxygens (including phenoxy) is 2. The first kappa shape index (κ1) is 17.3. The van der Waals surface area contributed by atoms with Crippen LogP contribution < -0.4 is 10.5 Å². The van der Waals surface area contributed by atoms with Crippen molar-refractivity contribution in [1.29, 1.82) is 0 Å². The average molecular weight is 320 g/mol. The van der Waals surface area contributed by atoms with Gasteiger partial charge in [0.1, 0.15) is 11.8 Å². The predicted molar refractivity (Wildman–Crippen MR) is 86.1 cm³/mol. The highest BCUT2D eigenvalue weighted by atomic mass is 16.5. The number of methoxy groups -OCH3 is 1. The zero-order valence-corrected chi connectivity index (χ0v) is 13.9. The van der Waals surface area contributed by atoms with Crippen LogP contribution in [-0.4, -0.2) is 49.1 Å². The summed E-state index contributed by atoms with van der Waals surface area (Å²) in [6, 6.07) is 5.23. The van der Waals surface area contributed by atoms with Gasteiger partial charge in [-0.2, -0.15) is 0 Å². The molecule has 0 aromatic heterocycles. The second-order valence-electron chi connectivity index (χ2n) is 5.90. The second kappa shape index (κ2) is 7.46. The third kappa shape index (κ3) is 4.22. The first-order valence-corrected chi connectivity index (χ1v) is 7.74. The average Bonchev–Trinajstić information content (AvgIpc) is 2.95. The number of hydrogen-bond donors (Lipinski definition) is 1. The third-order valence-corrected chi connectivity index (χ3v) is 4.31. The molecule has 6 heteroatoms. The van der Waals surface area contributed by atoms with E-state index in [1.54, 1.807) is 7.11 Å². The molecule has 126 valence electrons. The Balaban J connectivity index is 1.88. The Labute approximate surface area is 136 Å². The number of hydrogen-bond acceptors (Lipinski definition) is 4. The van der Waals surface area contributed by atoms with Crippen molar-refractivity contribution >= 4 is 11.8 Å². The van der Waals surface area contributed by atoms with Gasteiger partial charge in [-0.05, 0) is 37.1 Å². The van der Waals surface area contributed by atoms with Gasteiger partial charge in [0.2, 0.25) is 11.8 Å². The molecule has 0 radical (unpaired) electrons. The number of aryl methyl sites for hydroxylation is 2. The van der Waals surface area contributed by atoms with Crippen molar-refractivity contribution in [1.82, 2.24) is 4.90 Å². The minimum atomic E-state index is -0.589. The summed E-state index contributed by atoms with van der Waals surface area (Å²) < 4.78 is 10.9. The van der Waals surface area contributed by atoms with Crippen molar-refractivity contribution < 1.29 is 19.1 Å². The number of nitrogens with two attached hydrogens (primary N) is 1. The van der Waals surface area contributed by atoms with Gasteiger partial charge in [-0.1, -0.05) is 6.07 Å². The van der Waals surface area contributed by atoms with Gasteiger partial charge in [0.05, 0.1) is 19.1 Å². The van der Waals surface area contributed by atoms with E-state index in [9.17, 15) is 9.59 Å². The van der Waals surface area contributed by atoms with E-state index in [1.807, 2.05) is 32.0 Å². The minimum Gasteiger partial charge on any atom is -0.493 e. The van der Waals surface area contributed by atoms with E-state index in [4.69, 9.17) is 15.2 Å². The van der Waals surface area contributed by atoms with Crippen LogP contribution in [0, 0.1) is 13.8 Å². The Bertz CT molecular complexity index is 588. The molecule has 1 aromatic carbocycles. The summed E-state index contributed by atoms with van der Waals surface area (Å²) in [6.07, 6.45) is 0.514. The van der Waals surface area contributed by atoms with Crippen molar-refractivity contribution in [3.8, 4) is 5.75 Å². The Morgan fingerprint density at radius 1 is 1.30 bits per heavy atom. The zero-order valence-electron chi connectivity index (χ0n) is 13.9. The van der Waals surface area contributed by atoms with Crippen LogP contribution in [-0.2, 0) is 14.3 Å². The first-order chi connectivity index (χ1) is 10.9. The van der Waals surface area contributed by atoms with E-state index in [1.165, 1.54) is 10.5 Å². The van der Waals surface area contributed by atoms with Gasteiger partial charge < -0.3 is 20.1 Å². The molecule has 2 amide bonds. The molecule has 6 nitrogen and oxygen atoms in total. The fraction of sp³-hybridized carbons (Fsp3) is 0.529. The smallest absolute Gasteiger partial charge is 0.240 e. The van der Waals surface area contributed by atoms with Crippen LogP contribution in [0.25, 0.3) is 0 Å². The quantitative estimate of drug-likeness (QED) is 0.853. The fourth-order valence-electron chi connectivity index (χ4n) is 2.72. The molecule has 1 saturated heterocycles. The molecule has 0 bridgehead atoms. The van der Waals surface area contributed by atoms with Crippen LogP contribution in [0.4, 0.5) is 0 Å². The Morgan fingerprint density at radius 3 is 2.65 bits per heavy atom. The van der Waals surface area contributed by atoms with Gasteiger partial charge in [-0.3, -0.25) is 9.59 Å². The van der Waals surface area contributed by atoms with E-state index in [-0.39, 0.29) is 25.0 Å². The summed E-state index contributed by atoms with van der Waals surface area (Å²) in [6.45, 7) is 4.71. The maximum absolute atomic E-state index is 12.3. The highest BCUT2D eigenvalue weighted by Gasteiger charge is 2.38. The molecule has 2 rings (SSSR count). The lowest BCUT2D eigenvalue weighted by atomic mass is 10.1. The van der Waals surface area contributed by atoms with Crippen LogP contribution in [0.2, 0.25) is 0 Å².